The van der Waals surface area contributed by atoms with Crippen LogP contribution in [0.1, 0.15) is 54.7 Å². The second kappa shape index (κ2) is 9.63. The van der Waals surface area contributed by atoms with Gasteiger partial charge in [-0.2, -0.15) is 0 Å². The highest BCUT2D eigenvalue weighted by atomic mass is 16.2. The van der Waals surface area contributed by atoms with Crippen molar-refractivity contribution >= 4 is 17.5 Å². The van der Waals surface area contributed by atoms with Crippen molar-refractivity contribution in [1.29, 1.82) is 0 Å². The Kier molecular flexibility index (Phi) is 6.96. The fourth-order valence-corrected chi connectivity index (χ4v) is 3.68. The fraction of sp³-hybridized carbons (Fsp3) is 0.478. The number of pyridine rings is 2. The molecule has 1 aliphatic heterocycles. The van der Waals surface area contributed by atoms with Crippen molar-refractivity contribution in [2.24, 2.45) is 11.8 Å². The molecule has 0 saturated carbocycles. The molecule has 1 amide bonds. The van der Waals surface area contributed by atoms with E-state index in [4.69, 9.17) is 0 Å². The van der Waals surface area contributed by atoms with E-state index in [9.17, 15) is 9.59 Å². The van der Waals surface area contributed by atoms with Crippen LogP contribution in [-0.2, 0) is 11.3 Å². The molecule has 1 saturated heterocycles. The number of amides is 1. The lowest BCUT2D eigenvalue weighted by Crippen LogP contribution is -2.42. The van der Waals surface area contributed by atoms with Crippen LogP contribution in [-0.4, -0.2) is 39.6 Å². The zero-order valence-electron chi connectivity index (χ0n) is 17.5. The van der Waals surface area contributed by atoms with Crippen LogP contribution in [0.25, 0.3) is 0 Å². The normalized spacial score (nSPS) is 16.7. The second-order valence-corrected chi connectivity index (χ2v) is 8.21. The highest BCUT2D eigenvalue weighted by molar-refractivity contribution is 5.94. The summed E-state index contributed by atoms with van der Waals surface area (Å²) in [5.41, 5.74) is 2.65. The van der Waals surface area contributed by atoms with Gasteiger partial charge >= 0.3 is 0 Å². The number of likely N-dealkylation sites (tertiary alicyclic amines) is 1. The van der Waals surface area contributed by atoms with E-state index in [1.165, 1.54) is 0 Å². The van der Waals surface area contributed by atoms with Gasteiger partial charge in [-0.1, -0.05) is 19.9 Å². The lowest BCUT2D eigenvalue weighted by molar-refractivity contribution is -0.124. The van der Waals surface area contributed by atoms with Gasteiger partial charge in [0.25, 0.3) is 5.91 Å². The van der Waals surface area contributed by atoms with Crippen LogP contribution in [0.2, 0.25) is 0 Å². The minimum Gasteiger partial charge on any atom is -0.364 e. The van der Waals surface area contributed by atoms with Crippen LogP contribution >= 0.6 is 0 Å². The first kappa shape index (κ1) is 21.0. The number of nitrogens with zero attached hydrogens (tertiary/aromatic N) is 3. The smallest absolute Gasteiger partial charge is 0.255 e. The third kappa shape index (κ3) is 5.62. The largest absolute Gasteiger partial charge is 0.364 e. The third-order valence-electron chi connectivity index (χ3n) is 5.34. The number of Topliss-reactive ketones (excluding diaryl/α,β-unsaturated/α-hetero) is 1. The number of carbonyl (C=O) groups is 2. The summed E-state index contributed by atoms with van der Waals surface area (Å²) in [6.07, 6.45) is 5.72. The van der Waals surface area contributed by atoms with Crippen molar-refractivity contribution in [2.75, 3.05) is 18.4 Å². The molecular formula is C23H30N4O2. The lowest BCUT2D eigenvalue weighted by Gasteiger charge is -2.32. The zero-order valence-corrected chi connectivity index (χ0v) is 17.5. The molecule has 3 heterocycles. The van der Waals surface area contributed by atoms with Gasteiger partial charge in [0.05, 0.1) is 17.8 Å². The van der Waals surface area contributed by atoms with Crippen molar-refractivity contribution < 1.29 is 9.59 Å². The van der Waals surface area contributed by atoms with Crippen LogP contribution in [0.3, 0.4) is 0 Å². The van der Waals surface area contributed by atoms with Gasteiger partial charge in [-0.3, -0.25) is 14.6 Å². The molecule has 2 aromatic heterocycles. The second-order valence-electron chi connectivity index (χ2n) is 8.21. The summed E-state index contributed by atoms with van der Waals surface area (Å²) < 4.78 is 0. The van der Waals surface area contributed by atoms with E-state index in [2.05, 4.69) is 29.1 Å². The molecule has 1 aliphatic rings. The summed E-state index contributed by atoms with van der Waals surface area (Å²) in [5.74, 6) is 1.25. The minimum atomic E-state index is -0.0494. The van der Waals surface area contributed by atoms with Gasteiger partial charge in [-0.05, 0) is 49.4 Å². The van der Waals surface area contributed by atoms with Gasteiger partial charge in [0.1, 0.15) is 11.6 Å². The molecule has 6 nitrogen and oxygen atoms in total. The van der Waals surface area contributed by atoms with E-state index in [-0.39, 0.29) is 17.6 Å². The number of anilines is 1. The quantitative estimate of drug-likeness (QED) is 0.772. The first-order chi connectivity index (χ1) is 13.9. The van der Waals surface area contributed by atoms with Gasteiger partial charge < -0.3 is 10.2 Å². The Hall–Kier alpha value is -2.76. The molecule has 1 atom stereocenters. The molecule has 0 aromatic carbocycles. The highest BCUT2D eigenvalue weighted by Gasteiger charge is 2.29. The third-order valence-corrected chi connectivity index (χ3v) is 5.34. The van der Waals surface area contributed by atoms with Crippen molar-refractivity contribution in [3.05, 3.63) is 53.5 Å². The molecule has 2 aromatic rings. The van der Waals surface area contributed by atoms with Crippen molar-refractivity contribution in [3.63, 3.8) is 0 Å². The number of nitrogens with one attached hydrogen (secondary N) is 1. The summed E-state index contributed by atoms with van der Waals surface area (Å²) in [5, 5.41) is 3.24. The molecular weight excluding hydrogens is 364 g/mol. The average molecular weight is 395 g/mol. The van der Waals surface area contributed by atoms with Crippen LogP contribution in [0.4, 0.5) is 5.82 Å². The molecule has 1 fully saturated rings. The highest BCUT2D eigenvalue weighted by Crippen LogP contribution is 2.22. The van der Waals surface area contributed by atoms with E-state index in [0.29, 0.717) is 43.4 Å². The Morgan fingerprint density at radius 1 is 1.24 bits per heavy atom. The first-order valence-electron chi connectivity index (χ1n) is 10.4. The van der Waals surface area contributed by atoms with Gasteiger partial charge in [0.15, 0.2) is 0 Å². The summed E-state index contributed by atoms with van der Waals surface area (Å²) >= 11 is 0. The van der Waals surface area contributed by atoms with Crippen LogP contribution < -0.4 is 5.32 Å². The van der Waals surface area contributed by atoms with Crippen molar-refractivity contribution in [3.8, 4) is 0 Å². The number of hydrogen-bond donors (Lipinski definition) is 1. The molecule has 0 aliphatic carbocycles. The summed E-state index contributed by atoms with van der Waals surface area (Å²) in [4.78, 5) is 35.8. The summed E-state index contributed by atoms with van der Waals surface area (Å²) in [7, 11) is 0. The van der Waals surface area contributed by atoms with Crippen LogP contribution in [0, 0.1) is 18.8 Å². The fourth-order valence-electron chi connectivity index (χ4n) is 3.68. The van der Waals surface area contributed by atoms with Gasteiger partial charge in [0, 0.05) is 37.8 Å². The molecule has 154 valence electrons. The number of rotatable bonds is 7. The van der Waals surface area contributed by atoms with Gasteiger partial charge in [0.2, 0.25) is 0 Å². The molecule has 0 unspecified atom stereocenters. The van der Waals surface area contributed by atoms with Gasteiger partial charge in [-0.25, -0.2) is 4.98 Å². The first-order valence-corrected chi connectivity index (χ1v) is 10.4. The van der Waals surface area contributed by atoms with E-state index in [0.717, 1.165) is 24.1 Å². The standard InChI is InChI=1S/C23H30N4O2/c1-16(2)12-21(28)19-7-5-11-27(15-19)23(29)18-8-9-22(25-13-18)26-14-20-17(3)6-4-10-24-20/h4,6,8-10,13,16,19H,5,7,11-12,14-15H2,1-3H3,(H,25,26)/t19-/m1/s1. The molecule has 0 bridgehead atoms. The SMILES string of the molecule is Cc1cccnc1CNc1ccc(C(=O)N2CCC[C@@H](C(=O)CC(C)C)C2)cn1. The monoisotopic (exact) mass is 394 g/mol. The molecule has 0 spiro atoms. The molecule has 3 rings (SSSR count). The number of ketones is 1. The minimum absolute atomic E-state index is 0.0365. The maximum absolute atomic E-state index is 12.9. The molecule has 1 N–H and O–H groups in total. The van der Waals surface area contributed by atoms with Gasteiger partial charge in [-0.15, -0.1) is 0 Å². The van der Waals surface area contributed by atoms with E-state index >= 15 is 0 Å². The number of carbonyl (C=O) groups excluding carboxylic acids is 2. The number of piperidine rings is 1. The predicted octanol–water partition coefficient (Wildman–Crippen LogP) is 3.86. The molecule has 29 heavy (non-hydrogen) atoms. The summed E-state index contributed by atoms with van der Waals surface area (Å²) in [6.45, 7) is 7.93. The Bertz CT molecular complexity index is 848. The average Bonchev–Trinajstić information content (AvgIpc) is 2.72. The maximum Gasteiger partial charge on any atom is 0.255 e. The Morgan fingerprint density at radius 3 is 2.76 bits per heavy atom. The number of aromatic nitrogens is 2. The predicted molar refractivity (Wildman–Crippen MR) is 114 cm³/mol. The van der Waals surface area contributed by atoms with E-state index < -0.39 is 0 Å². The van der Waals surface area contributed by atoms with E-state index in [1.54, 1.807) is 23.4 Å². The Labute approximate surface area is 172 Å². The van der Waals surface area contributed by atoms with Crippen LogP contribution in [0.5, 0.6) is 0 Å². The van der Waals surface area contributed by atoms with Crippen molar-refractivity contribution in [2.45, 2.75) is 46.6 Å². The Balaban J connectivity index is 1.58. The molecule has 0 radical (unpaired) electrons. The Morgan fingerprint density at radius 2 is 2.07 bits per heavy atom. The lowest BCUT2D eigenvalue weighted by atomic mass is 9.89. The zero-order chi connectivity index (χ0) is 20.8. The van der Waals surface area contributed by atoms with E-state index in [1.807, 2.05) is 25.1 Å². The number of hydrogen-bond acceptors (Lipinski definition) is 5. The number of aryl methyl sites for hydroxylation is 1. The van der Waals surface area contributed by atoms with Crippen molar-refractivity contribution in [1.82, 2.24) is 14.9 Å². The maximum atomic E-state index is 12.9. The topological polar surface area (TPSA) is 75.2 Å². The van der Waals surface area contributed by atoms with Crippen LogP contribution in [0.15, 0.2) is 36.7 Å². The molecule has 6 heteroatoms. The summed E-state index contributed by atoms with van der Waals surface area (Å²) in [6, 6.07) is 7.55.